The van der Waals surface area contributed by atoms with Crippen LogP contribution in [-0.4, -0.2) is 50.1 Å². The normalized spacial score (nSPS) is 18.6. The molecule has 0 spiro atoms. The third kappa shape index (κ3) is 2.74. The second-order valence-corrected chi connectivity index (χ2v) is 4.49. The molecule has 0 bridgehead atoms. The average Bonchev–Trinajstić information content (AvgIpc) is 2.33. The number of para-hydroxylation sites is 1. The van der Waals surface area contributed by atoms with Crippen LogP contribution in [0.1, 0.15) is 5.56 Å². The zero-order valence-corrected chi connectivity index (χ0v) is 10.2. The Labute approximate surface area is 98.0 Å². The largest absolute Gasteiger partial charge is 0.388 e. The van der Waals surface area contributed by atoms with E-state index in [1.807, 2.05) is 7.05 Å². The van der Waals surface area contributed by atoms with Gasteiger partial charge in [0.05, 0.1) is 0 Å². The van der Waals surface area contributed by atoms with Gasteiger partial charge in [-0.25, -0.2) is 0 Å². The molecule has 1 heterocycles. The lowest BCUT2D eigenvalue weighted by Gasteiger charge is -2.32. The SMILES string of the molecule is CNc1ccccc1CN1CCN(C)CC1. The van der Waals surface area contributed by atoms with Crippen molar-refractivity contribution in [2.24, 2.45) is 0 Å². The highest BCUT2D eigenvalue weighted by Gasteiger charge is 2.14. The summed E-state index contributed by atoms with van der Waals surface area (Å²) in [7, 11) is 4.18. The number of anilines is 1. The lowest BCUT2D eigenvalue weighted by molar-refractivity contribution is 0.148. The van der Waals surface area contributed by atoms with Gasteiger partial charge in [0.2, 0.25) is 0 Å². The van der Waals surface area contributed by atoms with E-state index in [1.165, 1.54) is 37.4 Å². The molecule has 1 aliphatic rings. The summed E-state index contributed by atoms with van der Waals surface area (Å²) in [6.45, 7) is 5.78. The Balaban J connectivity index is 1.98. The number of hydrogen-bond donors (Lipinski definition) is 1. The predicted molar refractivity (Wildman–Crippen MR) is 68.8 cm³/mol. The number of hydrogen-bond acceptors (Lipinski definition) is 3. The average molecular weight is 219 g/mol. The van der Waals surface area contributed by atoms with Crippen LogP contribution in [0, 0.1) is 0 Å². The number of nitrogens with zero attached hydrogens (tertiary/aromatic N) is 2. The summed E-state index contributed by atoms with van der Waals surface area (Å²) in [5.74, 6) is 0. The first-order valence-electron chi connectivity index (χ1n) is 5.96. The van der Waals surface area contributed by atoms with E-state index in [0.29, 0.717) is 0 Å². The minimum Gasteiger partial charge on any atom is -0.388 e. The Bertz CT molecular complexity index is 330. The van der Waals surface area contributed by atoms with Crippen LogP contribution in [0.25, 0.3) is 0 Å². The standard InChI is InChI=1S/C13H21N3/c1-14-13-6-4-3-5-12(13)11-16-9-7-15(2)8-10-16/h3-6,14H,7-11H2,1-2H3. The number of rotatable bonds is 3. The number of likely N-dealkylation sites (N-methyl/N-ethyl adjacent to an activating group) is 1. The first kappa shape index (κ1) is 11.4. The molecule has 1 N–H and O–H groups in total. The van der Waals surface area contributed by atoms with Crippen LogP contribution < -0.4 is 5.32 Å². The van der Waals surface area contributed by atoms with Gasteiger partial charge in [0, 0.05) is 45.5 Å². The van der Waals surface area contributed by atoms with E-state index in [1.54, 1.807) is 0 Å². The van der Waals surface area contributed by atoms with Gasteiger partial charge in [-0.2, -0.15) is 0 Å². The summed E-state index contributed by atoms with van der Waals surface area (Å²) in [6.07, 6.45) is 0. The van der Waals surface area contributed by atoms with E-state index in [2.05, 4.69) is 46.4 Å². The van der Waals surface area contributed by atoms with Crippen LogP contribution in [0.5, 0.6) is 0 Å². The minimum atomic E-state index is 1.06. The van der Waals surface area contributed by atoms with Crippen LogP contribution in [0.2, 0.25) is 0 Å². The van der Waals surface area contributed by atoms with Crippen LogP contribution in [0.3, 0.4) is 0 Å². The molecule has 1 aliphatic heterocycles. The summed E-state index contributed by atoms with van der Waals surface area (Å²) in [4.78, 5) is 4.91. The molecule has 1 aromatic rings. The van der Waals surface area contributed by atoms with Crippen molar-refractivity contribution < 1.29 is 0 Å². The molecule has 3 nitrogen and oxygen atoms in total. The molecule has 2 rings (SSSR count). The molecule has 0 aliphatic carbocycles. The van der Waals surface area contributed by atoms with Crippen LogP contribution in [-0.2, 0) is 6.54 Å². The maximum absolute atomic E-state index is 3.26. The molecule has 16 heavy (non-hydrogen) atoms. The Kier molecular flexibility index (Phi) is 3.80. The van der Waals surface area contributed by atoms with Gasteiger partial charge in [-0.05, 0) is 18.7 Å². The van der Waals surface area contributed by atoms with Crippen molar-refractivity contribution in [2.75, 3.05) is 45.6 Å². The zero-order chi connectivity index (χ0) is 11.4. The molecule has 1 aromatic carbocycles. The van der Waals surface area contributed by atoms with Gasteiger partial charge in [-0.1, -0.05) is 18.2 Å². The predicted octanol–water partition coefficient (Wildman–Crippen LogP) is 1.48. The van der Waals surface area contributed by atoms with Gasteiger partial charge in [0.1, 0.15) is 0 Å². The fourth-order valence-electron chi connectivity index (χ4n) is 2.15. The molecule has 0 atom stereocenters. The smallest absolute Gasteiger partial charge is 0.0383 e. The summed E-state index contributed by atoms with van der Waals surface area (Å²) >= 11 is 0. The quantitative estimate of drug-likeness (QED) is 0.830. The number of benzene rings is 1. The van der Waals surface area contributed by atoms with Crippen molar-refractivity contribution in [1.82, 2.24) is 9.80 Å². The third-order valence-corrected chi connectivity index (χ3v) is 3.28. The molecule has 0 radical (unpaired) electrons. The molecule has 0 unspecified atom stereocenters. The highest BCUT2D eigenvalue weighted by molar-refractivity contribution is 5.50. The lowest BCUT2D eigenvalue weighted by Crippen LogP contribution is -2.43. The second-order valence-electron chi connectivity index (χ2n) is 4.49. The summed E-state index contributed by atoms with van der Waals surface area (Å²) < 4.78 is 0. The molecular weight excluding hydrogens is 198 g/mol. The summed E-state index contributed by atoms with van der Waals surface area (Å²) in [5.41, 5.74) is 2.65. The molecule has 0 saturated carbocycles. The Morgan fingerprint density at radius 3 is 2.50 bits per heavy atom. The summed E-state index contributed by atoms with van der Waals surface area (Å²) in [6, 6.07) is 8.56. The minimum absolute atomic E-state index is 1.06. The highest BCUT2D eigenvalue weighted by atomic mass is 15.2. The topological polar surface area (TPSA) is 18.5 Å². The monoisotopic (exact) mass is 219 g/mol. The molecule has 0 aromatic heterocycles. The van der Waals surface area contributed by atoms with Gasteiger partial charge in [0.15, 0.2) is 0 Å². The van der Waals surface area contributed by atoms with Crippen molar-refractivity contribution in [3.05, 3.63) is 29.8 Å². The van der Waals surface area contributed by atoms with Crippen LogP contribution in [0.4, 0.5) is 5.69 Å². The Morgan fingerprint density at radius 1 is 1.12 bits per heavy atom. The molecule has 3 heteroatoms. The van der Waals surface area contributed by atoms with Crippen LogP contribution >= 0.6 is 0 Å². The van der Waals surface area contributed by atoms with Crippen molar-refractivity contribution >= 4 is 5.69 Å². The number of piperazine rings is 1. The molecular formula is C13H21N3. The molecule has 1 saturated heterocycles. The van der Waals surface area contributed by atoms with E-state index in [9.17, 15) is 0 Å². The van der Waals surface area contributed by atoms with Gasteiger partial charge < -0.3 is 10.2 Å². The summed E-state index contributed by atoms with van der Waals surface area (Å²) in [5, 5.41) is 3.26. The first-order valence-corrected chi connectivity index (χ1v) is 5.96. The van der Waals surface area contributed by atoms with Crippen molar-refractivity contribution in [2.45, 2.75) is 6.54 Å². The fraction of sp³-hybridized carbons (Fsp3) is 0.538. The highest BCUT2D eigenvalue weighted by Crippen LogP contribution is 2.17. The van der Waals surface area contributed by atoms with Gasteiger partial charge in [-0.3, -0.25) is 4.90 Å². The van der Waals surface area contributed by atoms with E-state index < -0.39 is 0 Å². The molecule has 0 amide bonds. The van der Waals surface area contributed by atoms with E-state index in [0.717, 1.165) is 6.54 Å². The van der Waals surface area contributed by atoms with Crippen molar-refractivity contribution in [1.29, 1.82) is 0 Å². The fourth-order valence-corrected chi connectivity index (χ4v) is 2.15. The van der Waals surface area contributed by atoms with E-state index >= 15 is 0 Å². The Hall–Kier alpha value is -1.06. The molecule has 88 valence electrons. The number of nitrogens with one attached hydrogen (secondary N) is 1. The zero-order valence-electron chi connectivity index (χ0n) is 10.2. The van der Waals surface area contributed by atoms with Crippen LogP contribution in [0.15, 0.2) is 24.3 Å². The van der Waals surface area contributed by atoms with Gasteiger partial charge in [0.25, 0.3) is 0 Å². The van der Waals surface area contributed by atoms with Gasteiger partial charge >= 0.3 is 0 Å². The van der Waals surface area contributed by atoms with E-state index in [4.69, 9.17) is 0 Å². The Morgan fingerprint density at radius 2 is 1.81 bits per heavy atom. The van der Waals surface area contributed by atoms with Crippen molar-refractivity contribution in [3.8, 4) is 0 Å². The van der Waals surface area contributed by atoms with Gasteiger partial charge in [-0.15, -0.1) is 0 Å². The second kappa shape index (κ2) is 5.32. The lowest BCUT2D eigenvalue weighted by atomic mass is 10.1. The van der Waals surface area contributed by atoms with E-state index in [-0.39, 0.29) is 0 Å². The maximum Gasteiger partial charge on any atom is 0.0383 e. The maximum atomic E-state index is 3.26. The third-order valence-electron chi connectivity index (χ3n) is 3.28. The molecule has 1 fully saturated rings. The first-order chi connectivity index (χ1) is 7.79. The van der Waals surface area contributed by atoms with Crippen molar-refractivity contribution in [3.63, 3.8) is 0 Å².